The first-order valence-corrected chi connectivity index (χ1v) is 5.10. The summed E-state index contributed by atoms with van der Waals surface area (Å²) in [5, 5.41) is 9.18. The number of hydroxylamine groups is 1. The fraction of sp³-hybridized carbons (Fsp3) is 0.167. The number of allylic oxidation sites excluding steroid dienone is 1. The van der Waals surface area contributed by atoms with Crippen LogP contribution in [-0.4, -0.2) is 17.1 Å². The average Bonchev–Trinajstić information content (AvgIpc) is 2.71. The van der Waals surface area contributed by atoms with Gasteiger partial charge >= 0.3 is 12.0 Å². The lowest BCUT2D eigenvalue weighted by atomic mass is 10.2. The molecule has 1 aliphatic heterocycles. The third-order valence-corrected chi connectivity index (χ3v) is 2.34. The molecule has 0 saturated carbocycles. The zero-order chi connectivity index (χ0) is 13.2. The van der Waals surface area contributed by atoms with Gasteiger partial charge < -0.3 is 5.11 Å². The van der Waals surface area contributed by atoms with Gasteiger partial charge in [0.2, 0.25) is 0 Å². The van der Waals surface area contributed by atoms with Crippen LogP contribution in [0.5, 0.6) is 0 Å². The summed E-state index contributed by atoms with van der Waals surface area (Å²) in [5.41, 5.74) is 2.89. The molecule has 96 valence electrons. The third-order valence-electron chi connectivity index (χ3n) is 2.34. The number of alkyl halides is 3. The van der Waals surface area contributed by atoms with Crippen LogP contribution in [0.25, 0.3) is 6.08 Å². The molecule has 0 aliphatic carbocycles. The molecule has 3 nitrogen and oxygen atoms in total. The van der Waals surface area contributed by atoms with Crippen LogP contribution in [0.4, 0.5) is 13.2 Å². The summed E-state index contributed by atoms with van der Waals surface area (Å²) in [6, 6.07) is 9.03. The second-order valence-electron chi connectivity index (χ2n) is 3.74. The average molecular weight is 257 g/mol. The molecule has 0 amide bonds. The van der Waals surface area contributed by atoms with E-state index < -0.39 is 12.0 Å². The summed E-state index contributed by atoms with van der Waals surface area (Å²) in [4.78, 5) is 4.14. The van der Waals surface area contributed by atoms with E-state index in [1.807, 2.05) is 11.5 Å². The lowest BCUT2D eigenvalue weighted by Crippen LogP contribution is -2.45. The van der Waals surface area contributed by atoms with E-state index in [-0.39, 0.29) is 5.70 Å². The smallest absolute Gasteiger partial charge is 0.354 e. The predicted molar refractivity (Wildman–Crippen MR) is 58.8 cm³/mol. The fourth-order valence-electron chi connectivity index (χ4n) is 1.38. The van der Waals surface area contributed by atoms with Gasteiger partial charge in [0.15, 0.2) is 0 Å². The molecule has 0 bridgehead atoms. The molecule has 0 aromatic heterocycles. The molecule has 0 saturated heterocycles. The molecule has 1 heterocycles. The quantitative estimate of drug-likeness (QED) is 0.854. The second kappa shape index (κ2) is 4.47. The van der Waals surface area contributed by atoms with Gasteiger partial charge in [0, 0.05) is 6.08 Å². The van der Waals surface area contributed by atoms with Crippen molar-refractivity contribution in [2.24, 2.45) is 0 Å². The van der Waals surface area contributed by atoms with E-state index in [9.17, 15) is 18.3 Å². The first-order chi connectivity index (χ1) is 8.41. The number of hydrogen-bond donors (Lipinski definition) is 2. The molecule has 1 aliphatic rings. The summed E-state index contributed by atoms with van der Waals surface area (Å²) in [7, 11) is 0. The van der Waals surface area contributed by atoms with E-state index in [0.29, 0.717) is 6.08 Å². The SMILES string of the molecule is O[C@@]1(C(F)(F)F)C=C(C=Cc2ccccc2)NO1. The Morgan fingerprint density at radius 3 is 2.39 bits per heavy atom. The highest BCUT2D eigenvalue weighted by Crippen LogP contribution is 2.35. The molecule has 0 radical (unpaired) electrons. The van der Waals surface area contributed by atoms with Crippen LogP contribution in [0, 0.1) is 0 Å². The summed E-state index contributed by atoms with van der Waals surface area (Å²) in [5.74, 6) is -3.27. The highest BCUT2D eigenvalue weighted by Gasteiger charge is 2.57. The standard InChI is InChI=1S/C12H10F3NO2/c13-12(14,15)11(17)8-10(16-18-11)7-6-9-4-2-1-3-5-9/h1-8,16-17H/t11-/m0/s1. The van der Waals surface area contributed by atoms with E-state index in [4.69, 9.17) is 0 Å². The molecule has 0 unspecified atom stereocenters. The third kappa shape index (κ3) is 2.55. The maximum Gasteiger partial charge on any atom is 0.449 e. The molecule has 6 heteroatoms. The maximum atomic E-state index is 12.4. The topological polar surface area (TPSA) is 41.5 Å². The zero-order valence-electron chi connectivity index (χ0n) is 9.11. The van der Waals surface area contributed by atoms with E-state index in [1.54, 1.807) is 30.3 Å². The number of benzene rings is 1. The van der Waals surface area contributed by atoms with Crippen LogP contribution < -0.4 is 5.48 Å². The molecule has 0 fully saturated rings. The molecule has 0 spiro atoms. The molecule has 1 aromatic carbocycles. The minimum absolute atomic E-state index is 0.0404. The summed E-state index contributed by atoms with van der Waals surface area (Å²) in [6.07, 6.45) is -1.32. The lowest BCUT2D eigenvalue weighted by molar-refractivity contribution is -0.346. The largest absolute Gasteiger partial charge is 0.449 e. The minimum Gasteiger partial charge on any atom is -0.354 e. The van der Waals surface area contributed by atoms with Gasteiger partial charge in [-0.15, -0.1) is 0 Å². The van der Waals surface area contributed by atoms with Crippen molar-refractivity contribution in [3.8, 4) is 0 Å². The Labute approximate surface area is 101 Å². The molecule has 1 atom stereocenters. The van der Waals surface area contributed by atoms with Gasteiger partial charge in [0.1, 0.15) is 0 Å². The Bertz CT molecular complexity index is 482. The zero-order valence-corrected chi connectivity index (χ0v) is 9.11. The Morgan fingerprint density at radius 2 is 1.83 bits per heavy atom. The van der Waals surface area contributed by atoms with Gasteiger partial charge in [-0.25, -0.2) is 4.84 Å². The Morgan fingerprint density at radius 1 is 1.17 bits per heavy atom. The highest BCUT2D eigenvalue weighted by atomic mass is 19.4. The fourth-order valence-corrected chi connectivity index (χ4v) is 1.38. The van der Waals surface area contributed by atoms with Gasteiger partial charge in [0.05, 0.1) is 5.70 Å². The Balaban J connectivity index is 2.13. The van der Waals surface area contributed by atoms with Crippen LogP contribution >= 0.6 is 0 Å². The summed E-state index contributed by atoms with van der Waals surface area (Å²) < 4.78 is 37.2. The lowest BCUT2D eigenvalue weighted by Gasteiger charge is -2.21. The van der Waals surface area contributed by atoms with E-state index >= 15 is 0 Å². The molecular formula is C12H10F3NO2. The molecule has 1 aromatic rings. The highest BCUT2D eigenvalue weighted by molar-refractivity contribution is 5.52. The van der Waals surface area contributed by atoms with Crippen molar-refractivity contribution >= 4 is 6.08 Å². The predicted octanol–water partition coefficient (Wildman–Crippen LogP) is 2.37. The van der Waals surface area contributed by atoms with Gasteiger partial charge in [-0.05, 0) is 11.6 Å². The van der Waals surface area contributed by atoms with Gasteiger partial charge in [-0.1, -0.05) is 36.4 Å². The maximum absolute atomic E-state index is 12.4. The monoisotopic (exact) mass is 257 g/mol. The van der Waals surface area contributed by atoms with Gasteiger partial charge in [-0.3, -0.25) is 5.48 Å². The molecular weight excluding hydrogens is 247 g/mol. The van der Waals surface area contributed by atoms with E-state index in [0.717, 1.165) is 5.56 Å². The Kier molecular flexibility index (Phi) is 3.14. The molecule has 18 heavy (non-hydrogen) atoms. The molecule has 2 rings (SSSR count). The van der Waals surface area contributed by atoms with Crippen molar-refractivity contribution < 1.29 is 23.1 Å². The van der Waals surface area contributed by atoms with Crippen LogP contribution in [0.2, 0.25) is 0 Å². The van der Waals surface area contributed by atoms with Crippen molar-refractivity contribution in [3.63, 3.8) is 0 Å². The van der Waals surface area contributed by atoms with Crippen molar-refractivity contribution in [3.05, 3.63) is 53.7 Å². The first-order valence-electron chi connectivity index (χ1n) is 5.10. The van der Waals surface area contributed by atoms with Gasteiger partial charge in [-0.2, -0.15) is 13.2 Å². The van der Waals surface area contributed by atoms with Crippen LogP contribution in [0.3, 0.4) is 0 Å². The Hall–Kier alpha value is -1.79. The van der Waals surface area contributed by atoms with Crippen molar-refractivity contribution in [1.29, 1.82) is 0 Å². The summed E-state index contributed by atoms with van der Waals surface area (Å²) in [6.45, 7) is 0. The number of halogens is 3. The normalized spacial score (nSPS) is 24.1. The number of nitrogens with one attached hydrogen (secondary N) is 1. The number of rotatable bonds is 2. The number of aliphatic hydroxyl groups is 1. The van der Waals surface area contributed by atoms with Crippen molar-refractivity contribution in [2.45, 2.75) is 12.0 Å². The second-order valence-corrected chi connectivity index (χ2v) is 3.74. The minimum atomic E-state index is -4.89. The van der Waals surface area contributed by atoms with Crippen LogP contribution in [0.1, 0.15) is 5.56 Å². The van der Waals surface area contributed by atoms with E-state index in [1.165, 1.54) is 6.08 Å². The molecule has 2 N–H and O–H groups in total. The van der Waals surface area contributed by atoms with Crippen molar-refractivity contribution in [1.82, 2.24) is 5.48 Å². The van der Waals surface area contributed by atoms with Crippen LogP contribution in [0.15, 0.2) is 48.2 Å². The summed E-state index contributed by atoms with van der Waals surface area (Å²) >= 11 is 0. The van der Waals surface area contributed by atoms with Crippen LogP contribution in [-0.2, 0) is 4.84 Å². The van der Waals surface area contributed by atoms with Gasteiger partial charge in [0.25, 0.3) is 0 Å². The van der Waals surface area contributed by atoms with E-state index in [2.05, 4.69) is 4.84 Å². The first kappa shape index (κ1) is 12.7. The number of hydrogen-bond acceptors (Lipinski definition) is 3. The van der Waals surface area contributed by atoms with Crippen molar-refractivity contribution in [2.75, 3.05) is 0 Å².